The average molecular weight is 329 g/mol. The standard InChI is InChI=1S/C18H20FN3O2/c1-2-10-22-17(23)9-8-16(20-22)18(24)21(15-6-7-15)12-13-4-3-5-14(19)11-13/h3-5,8-9,11,15H,2,6-7,10,12H2,1H3. The predicted molar refractivity (Wildman–Crippen MR) is 88.1 cm³/mol. The van der Waals surface area contributed by atoms with Crippen LogP contribution in [0.5, 0.6) is 0 Å². The summed E-state index contributed by atoms with van der Waals surface area (Å²) < 4.78 is 14.7. The van der Waals surface area contributed by atoms with Gasteiger partial charge in [0.15, 0.2) is 0 Å². The van der Waals surface area contributed by atoms with Gasteiger partial charge in [0.1, 0.15) is 11.5 Å². The molecule has 0 saturated heterocycles. The van der Waals surface area contributed by atoms with Crippen molar-refractivity contribution in [3.63, 3.8) is 0 Å². The van der Waals surface area contributed by atoms with E-state index in [1.165, 1.54) is 28.9 Å². The summed E-state index contributed by atoms with van der Waals surface area (Å²) in [7, 11) is 0. The maximum absolute atomic E-state index is 13.4. The zero-order valence-corrected chi connectivity index (χ0v) is 13.6. The van der Waals surface area contributed by atoms with Crippen molar-refractivity contribution < 1.29 is 9.18 Å². The molecule has 1 aromatic heterocycles. The van der Waals surface area contributed by atoms with Gasteiger partial charge in [0.25, 0.3) is 11.5 Å². The highest BCUT2D eigenvalue weighted by Gasteiger charge is 2.33. The molecule has 0 radical (unpaired) electrons. The van der Waals surface area contributed by atoms with E-state index in [1.807, 2.05) is 6.92 Å². The molecule has 1 aliphatic rings. The van der Waals surface area contributed by atoms with Gasteiger partial charge in [-0.1, -0.05) is 19.1 Å². The Balaban J connectivity index is 1.85. The van der Waals surface area contributed by atoms with Crippen molar-refractivity contribution in [2.75, 3.05) is 0 Å². The second-order valence-corrected chi connectivity index (χ2v) is 6.07. The molecule has 0 unspecified atom stereocenters. The fourth-order valence-electron chi connectivity index (χ4n) is 2.67. The Morgan fingerprint density at radius 1 is 1.33 bits per heavy atom. The number of carbonyl (C=O) groups excluding carboxylic acids is 1. The van der Waals surface area contributed by atoms with Crippen LogP contribution in [0.25, 0.3) is 0 Å². The average Bonchev–Trinajstić information content (AvgIpc) is 3.39. The Morgan fingerprint density at radius 2 is 2.12 bits per heavy atom. The van der Waals surface area contributed by atoms with Gasteiger partial charge in [-0.3, -0.25) is 9.59 Å². The lowest BCUT2D eigenvalue weighted by molar-refractivity contribution is 0.0720. The van der Waals surface area contributed by atoms with Crippen molar-refractivity contribution in [2.24, 2.45) is 0 Å². The van der Waals surface area contributed by atoms with Crippen molar-refractivity contribution >= 4 is 5.91 Å². The molecule has 0 spiro atoms. The fraction of sp³-hybridized carbons (Fsp3) is 0.389. The van der Waals surface area contributed by atoms with Crippen LogP contribution < -0.4 is 5.56 Å². The number of aromatic nitrogens is 2. The molecule has 1 aromatic carbocycles. The van der Waals surface area contributed by atoms with Gasteiger partial charge in [-0.2, -0.15) is 5.10 Å². The number of nitrogens with zero attached hydrogens (tertiary/aromatic N) is 3. The normalized spacial score (nSPS) is 13.8. The molecule has 1 aliphatic carbocycles. The molecule has 5 nitrogen and oxygen atoms in total. The van der Waals surface area contributed by atoms with E-state index >= 15 is 0 Å². The van der Waals surface area contributed by atoms with Gasteiger partial charge >= 0.3 is 0 Å². The molecule has 1 amide bonds. The first-order chi connectivity index (χ1) is 11.6. The van der Waals surface area contributed by atoms with Gasteiger partial charge in [-0.25, -0.2) is 9.07 Å². The Hall–Kier alpha value is -2.50. The lowest BCUT2D eigenvalue weighted by atomic mass is 10.2. The van der Waals surface area contributed by atoms with Crippen molar-refractivity contribution in [2.45, 2.75) is 45.3 Å². The van der Waals surface area contributed by atoms with Crippen LogP contribution in [0.3, 0.4) is 0 Å². The fourth-order valence-corrected chi connectivity index (χ4v) is 2.67. The summed E-state index contributed by atoms with van der Waals surface area (Å²) in [6, 6.07) is 9.27. The van der Waals surface area contributed by atoms with Gasteiger partial charge < -0.3 is 4.90 Å². The Bertz CT molecular complexity index is 799. The lowest BCUT2D eigenvalue weighted by Gasteiger charge is -2.22. The van der Waals surface area contributed by atoms with Crippen LogP contribution in [-0.2, 0) is 13.1 Å². The summed E-state index contributed by atoms with van der Waals surface area (Å²) in [6.07, 6.45) is 2.64. The van der Waals surface area contributed by atoms with Gasteiger partial charge in [0, 0.05) is 25.2 Å². The molecular formula is C18H20FN3O2. The third-order valence-electron chi connectivity index (χ3n) is 4.01. The highest BCUT2D eigenvalue weighted by atomic mass is 19.1. The summed E-state index contributed by atoms with van der Waals surface area (Å²) in [5.41, 5.74) is 0.792. The minimum Gasteiger partial charge on any atom is -0.330 e. The Labute approximate surface area is 139 Å². The molecule has 0 aliphatic heterocycles. The van der Waals surface area contributed by atoms with E-state index < -0.39 is 0 Å². The number of halogens is 1. The van der Waals surface area contributed by atoms with E-state index in [1.54, 1.807) is 17.0 Å². The number of carbonyl (C=O) groups is 1. The highest BCUT2D eigenvalue weighted by molar-refractivity contribution is 5.92. The van der Waals surface area contributed by atoms with Crippen LogP contribution >= 0.6 is 0 Å². The topological polar surface area (TPSA) is 55.2 Å². The molecule has 0 atom stereocenters. The van der Waals surface area contributed by atoms with Crippen LogP contribution in [0.2, 0.25) is 0 Å². The monoisotopic (exact) mass is 329 g/mol. The molecule has 1 saturated carbocycles. The smallest absolute Gasteiger partial charge is 0.274 e. The molecular weight excluding hydrogens is 309 g/mol. The first-order valence-electron chi connectivity index (χ1n) is 8.22. The second-order valence-electron chi connectivity index (χ2n) is 6.07. The summed E-state index contributed by atoms with van der Waals surface area (Å²) in [5.74, 6) is -0.531. The van der Waals surface area contributed by atoms with E-state index in [0.29, 0.717) is 13.1 Å². The van der Waals surface area contributed by atoms with Crippen molar-refractivity contribution in [1.82, 2.24) is 14.7 Å². The number of hydrogen-bond acceptors (Lipinski definition) is 3. The van der Waals surface area contributed by atoms with E-state index in [0.717, 1.165) is 24.8 Å². The van der Waals surface area contributed by atoms with Crippen LogP contribution in [-0.4, -0.2) is 26.6 Å². The highest BCUT2D eigenvalue weighted by Crippen LogP contribution is 2.29. The van der Waals surface area contributed by atoms with Gasteiger partial charge in [0.05, 0.1) is 0 Å². The second kappa shape index (κ2) is 6.95. The predicted octanol–water partition coefficient (Wildman–Crippen LogP) is 2.60. The molecule has 24 heavy (non-hydrogen) atoms. The van der Waals surface area contributed by atoms with Crippen LogP contribution in [0.4, 0.5) is 4.39 Å². The third kappa shape index (κ3) is 3.69. The Morgan fingerprint density at radius 3 is 2.79 bits per heavy atom. The van der Waals surface area contributed by atoms with Crippen LogP contribution in [0.15, 0.2) is 41.2 Å². The molecule has 1 fully saturated rings. The SMILES string of the molecule is CCCn1nc(C(=O)N(Cc2cccc(F)c2)C2CC2)ccc1=O. The third-order valence-corrected chi connectivity index (χ3v) is 4.01. The number of aryl methyl sites for hydroxylation is 1. The van der Waals surface area contributed by atoms with E-state index in [9.17, 15) is 14.0 Å². The summed E-state index contributed by atoms with van der Waals surface area (Å²) in [4.78, 5) is 26.3. The van der Waals surface area contributed by atoms with Crippen LogP contribution in [0, 0.1) is 5.82 Å². The summed E-state index contributed by atoms with van der Waals surface area (Å²) in [5, 5.41) is 4.19. The van der Waals surface area contributed by atoms with Gasteiger partial charge in [-0.15, -0.1) is 0 Å². The van der Waals surface area contributed by atoms with Crippen molar-refractivity contribution in [3.8, 4) is 0 Å². The lowest BCUT2D eigenvalue weighted by Crippen LogP contribution is -2.35. The zero-order chi connectivity index (χ0) is 17.1. The molecule has 1 heterocycles. The van der Waals surface area contributed by atoms with Crippen molar-refractivity contribution in [1.29, 1.82) is 0 Å². The van der Waals surface area contributed by atoms with Crippen LogP contribution in [0.1, 0.15) is 42.2 Å². The quantitative estimate of drug-likeness (QED) is 0.818. The number of rotatable bonds is 6. The summed E-state index contributed by atoms with van der Waals surface area (Å²) in [6.45, 7) is 2.77. The number of amides is 1. The maximum Gasteiger partial charge on any atom is 0.274 e. The first-order valence-corrected chi connectivity index (χ1v) is 8.22. The first kappa shape index (κ1) is 16.4. The van der Waals surface area contributed by atoms with Gasteiger partial charge in [0.2, 0.25) is 0 Å². The maximum atomic E-state index is 13.4. The molecule has 6 heteroatoms. The van der Waals surface area contributed by atoms with E-state index in [2.05, 4.69) is 5.10 Å². The molecule has 3 rings (SSSR count). The summed E-state index contributed by atoms with van der Waals surface area (Å²) >= 11 is 0. The molecule has 0 N–H and O–H groups in total. The minimum absolute atomic E-state index is 0.161. The molecule has 126 valence electrons. The van der Waals surface area contributed by atoms with Gasteiger partial charge in [-0.05, 0) is 43.0 Å². The Kier molecular flexibility index (Phi) is 4.74. The zero-order valence-electron chi connectivity index (χ0n) is 13.6. The minimum atomic E-state index is -0.315. The molecule has 2 aromatic rings. The van der Waals surface area contributed by atoms with E-state index in [-0.39, 0.29) is 29.0 Å². The molecule has 0 bridgehead atoms. The largest absolute Gasteiger partial charge is 0.330 e. The van der Waals surface area contributed by atoms with Crippen molar-refractivity contribution in [3.05, 3.63) is 63.8 Å². The van der Waals surface area contributed by atoms with E-state index in [4.69, 9.17) is 0 Å². The number of benzene rings is 1. The number of hydrogen-bond donors (Lipinski definition) is 0.